The van der Waals surface area contributed by atoms with Crippen LogP contribution in [-0.2, 0) is 29.2 Å². The van der Waals surface area contributed by atoms with Crippen LogP contribution in [0.1, 0.15) is 53.4 Å². The van der Waals surface area contributed by atoms with Crippen LogP contribution in [0.3, 0.4) is 0 Å². The van der Waals surface area contributed by atoms with E-state index in [4.69, 9.17) is 4.74 Å². The minimum atomic E-state index is -0.564. The van der Waals surface area contributed by atoms with Crippen LogP contribution in [0.2, 0.25) is 0 Å². The standard InChI is InChI=1S/C27H29N5O3S2/c1-19-18-36-24(30-19)7-5-3-2-4-6-23(33)26(34)29-16-25-31-32-27(37-25)21-8-10-22(11-9-21)35-17-20-12-14-28-15-13-20/h8-15,18H,2-7,16-17H2,1H3,(H,29,34). The third-order valence-corrected chi connectivity index (χ3v) is 7.59. The number of ketones is 1. The minimum Gasteiger partial charge on any atom is -0.489 e. The number of thiazole rings is 1. The molecule has 1 amide bonds. The Labute approximate surface area is 224 Å². The molecule has 8 nitrogen and oxygen atoms in total. The molecule has 1 aromatic carbocycles. The first-order valence-electron chi connectivity index (χ1n) is 12.2. The molecule has 0 saturated carbocycles. The average Bonchev–Trinajstić information content (AvgIpc) is 3.57. The monoisotopic (exact) mass is 535 g/mol. The van der Waals surface area contributed by atoms with Crippen LogP contribution in [0, 0.1) is 6.92 Å². The molecule has 1 N–H and O–H groups in total. The first-order valence-corrected chi connectivity index (χ1v) is 13.9. The number of rotatable bonds is 14. The van der Waals surface area contributed by atoms with Gasteiger partial charge in [0.15, 0.2) is 0 Å². The van der Waals surface area contributed by atoms with Crippen LogP contribution in [0.4, 0.5) is 0 Å². The van der Waals surface area contributed by atoms with Gasteiger partial charge in [-0.1, -0.05) is 24.2 Å². The zero-order chi connectivity index (χ0) is 25.9. The summed E-state index contributed by atoms with van der Waals surface area (Å²) in [6, 6.07) is 11.4. The number of carbonyl (C=O) groups excluding carboxylic acids is 2. The molecule has 3 aromatic heterocycles. The molecule has 4 aromatic rings. The molecule has 0 spiro atoms. The maximum atomic E-state index is 12.2. The lowest BCUT2D eigenvalue weighted by Crippen LogP contribution is -2.30. The van der Waals surface area contributed by atoms with E-state index in [0.29, 0.717) is 18.0 Å². The molecule has 0 aliphatic carbocycles. The maximum Gasteiger partial charge on any atom is 0.287 e. The Balaban J connectivity index is 1.13. The highest BCUT2D eigenvalue weighted by Gasteiger charge is 2.14. The molecule has 37 heavy (non-hydrogen) atoms. The van der Waals surface area contributed by atoms with Crippen molar-refractivity contribution in [3.8, 4) is 16.3 Å². The first-order chi connectivity index (χ1) is 18.1. The van der Waals surface area contributed by atoms with Crippen molar-refractivity contribution in [2.45, 2.75) is 58.6 Å². The van der Waals surface area contributed by atoms with Gasteiger partial charge in [-0.15, -0.1) is 21.5 Å². The lowest BCUT2D eigenvalue weighted by Gasteiger charge is -2.06. The molecule has 0 saturated heterocycles. The Kier molecular flexibility index (Phi) is 9.84. The Hall–Kier alpha value is -3.50. The molecule has 0 bridgehead atoms. The van der Waals surface area contributed by atoms with Gasteiger partial charge in [-0.25, -0.2) is 4.98 Å². The lowest BCUT2D eigenvalue weighted by atomic mass is 10.1. The molecule has 192 valence electrons. The highest BCUT2D eigenvalue weighted by molar-refractivity contribution is 7.14. The van der Waals surface area contributed by atoms with E-state index in [0.717, 1.165) is 58.3 Å². The zero-order valence-electron chi connectivity index (χ0n) is 20.7. The third kappa shape index (κ3) is 8.54. The van der Waals surface area contributed by atoms with Crippen molar-refractivity contribution in [2.24, 2.45) is 0 Å². The number of hydrogen-bond acceptors (Lipinski definition) is 9. The van der Waals surface area contributed by atoms with Crippen molar-refractivity contribution in [1.29, 1.82) is 0 Å². The molecule has 0 aliphatic heterocycles. The summed E-state index contributed by atoms with van der Waals surface area (Å²) in [6.45, 7) is 2.65. The third-order valence-electron chi connectivity index (χ3n) is 5.59. The summed E-state index contributed by atoms with van der Waals surface area (Å²) in [7, 11) is 0. The number of aryl methyl sites for hydroxylation is 2. The van der Waals surface area contributed by atoms with Gasteiger partial charge >= 0.3 is 0 Å². The average molecular weight is 536 g/mol. The van der Waals surface area contributed by atoms with E-state index in [9.17, 15) is 9.59 Å². The summed E-state index contributed by atoms with van der Waals surface area (Å²) >= 11 is 3.08. The minimum absolute atomic E-state index is 0.183. The molecule has 4 rings (SSSR count). The van der Waals surface area contributed by atoms with E-state index in [1.54, 1.807) is 23.7 Å². The van der Waals surface area contributed by atoms with Gasteiger partial charge in [-0.3, -0.25) is 14.6 Å². The van der Waals surface area contributed by atoms with Gasteiger partial charge in [0.25, 0.3) is 5.91 Å². The van der Waals surface area contributed by atoms with Gasteiger partial charge in [0.2, 0.25) is 5.78 Å². The number of aromatic nitrogens is 4. The summed E-state index contributed by atoms with van der Waals surface area (Å²) in [5, 5.41) is 15.6. The van der Waals surface area contributed by atoms with Crippen molar-refractivity contribution in [2.75, 3.05) is 0 Å². The zero-order valence-corrected chi connectivity index (χ0v) is 22.3. The summed E-state index contributed by atoms with van der Waals surface area (Å²) < 4.78 is 5.80. The molecule has 0 atom stereocenters. The normalized spacial score (nSPS) is 10.8. The van der Waals surface area contributed by atoms with Crippen molar-refractivity contribution in [3.63, 3.8) is 0 Å². The van der Waals surface area contributed by atoms with Crippen molar-refractivity contribution in [3.05, 3.63) is 75.4 Å². The number of unbranched alkanes of at least 4 members (excludes halogenated alkanes) is 3. The van der Waals surface area contributed by atoms with E-state index < -0.39 is 5.91 Å². The van der Waals surface area contributed by atoms with Crippen molar-refractivity contribution in [1.82, 2.24) is 25.5 Å². The number of ether oxygens (including phenoxy) is 1. The summed E-state index contributed by atoms with van der Waals surface area (Å²) in [5.74, 6) is -0.195. The second-order valence-electron chi connectivity index (χ2n) is 8.57. The van der Waals surface area contributed by atoms with E-state index >= 15 is 0 Å². The number of nitrogens with one attached hydrogen (secondary N) is 1. The fourth-order valence-electron chi connectivity index (χ4n) is 3.58. The predicted molar refractivity (Wildman–Crippen MR) is 144 cm³/mol. The summed E-state index contributed by atoms with van der Waals surface area (Å²) in [4.78, 5) is 32.8. The highest BCUT2D eigenvalue weighted by atomic mass is 32.1. The maximum absolute atomic E-state index is 12.2. The summed E-state index contributed by atoms with van der Waals surface area (Å²) in [6.07, 6.45) is 8.43. The van der Waals surface area contributed by atoms with Gasteiger partial charge < -0.3 is 10.1 Å². The van der Waals surface area contributed by atoms with E-state index in [-0.39, 0.29) is 18.7 Å². The summed E-state index contributed by atoms with van der Waals surface area (Å²) in [5.41, 5.74) is 3.03. The van der Waals surface area contributed by atoms with E-state index in [2.05, 4.69) is 30.9 Å². The van der Waals surface area contributed by atoms with Crippen molar-refractivity contribution < 1.29 is 14.3 Å². The van der Waals surface area contributed by atoms with Crippen LogP contribution >= 0.6 is 22.7 Å². The molecule has 0 fully saturated rings. The Morgan fingerprint density at radius 3 is 2.49 bits per heavy atom. The van der Waals surface area contributed by atoms with E-state index in [1.165, 1.54) is 11.3 Å². The first kappa shape index (κ1) is 26.6. The SMILES string of the molecule is Cc1csc(CCCCCCC(=O)C(=O)NCc2nnc(-c3ccc(OCc4ccncc4)cc3)s2)n1. The lowest BCUT2D eigenvalue weighted by molar-refractivity contribution is -0.138. The van der Waals surface area contributed by atoms with E-state index in [1.807, 2.05) is 43.3 Å². The fourth-order valence-corrected chi connectivity index (χ4v) is 5.18. The van der Waals surface area contributed by atoms with Crippen LogP contribution < -0.4 is 10.1 Å². The molecule has 0 radical (unpaired) electrons. The van der Waals surface area contributed by atoms with Gasteiger partial charge in [0, 0.05) is 35.5 Å². The van der Waals surface area contributed by atoms with Gasteiger partial charge in [-0.05, 0) is 68.1 Å². The quantitative estimate of drug-likeness (QED) is 0.172. The molecule has 0 unspecified atom stereocenters. The number of carbonyl (C=O) groups is 2. The Morgan fingerprint density at radius 1 is 0.946 bits per heavy atom. The van der Waals surface area contributed by atoms with Crippen molar-refractivity contribution >= 4 is 34.4 Å². The topological polar surface area (TPSA) is 107 Å². The second-order valence-corrected chi connectivity index (χ2v) is 10.6. The molecule has 3 heterocycles. The fraction of sp³-hybridized carbons (Fsp3) is 0.333. The van der Waals surface area contributed by atoms with Crippen LogP contribution in [0.15, 0.2) is 54.2 Å². The van der Waals surface area contributed by atoms with Crippen LogP contribution in [0.25, 0.3) is 10.6 Å². The largest absolute Gasteiger partial charge is 0.489 e. The smallest absolute Gasteiger partial charge is 0.287 e. The molecule has 0 aliphatic rings. The molecular weight excluding hydrogens is 506 g/mol. The second kappa shape index (κ2) is 13.7. The number of pyridine rings is 1. The number of amides is 1. The van der Waals surface area contributed by atoms with Crippen LogP contribution in [-0.4, -0.2) is 31.9 Å². The van der Waals surface area contributed by atoms with Gasteiger partial charge in [-0.2, -0.15) is 0 Å². The van der Waals surface area contributed by atoms with Gasteiger partial charge in [0.05, 0.1) is 11.6 Å². The Bertz CT molecular complexity index is 1290. The number of Topliss-reactive ketones (excluding diaryl/α,β-unsaturated/α-hetero) is 1. The van der Waals surface area contributed by atoms with Gasteiger partial charge in [0.1, 0.15) is 22.4 Å². The number of benzene rings is 1. The number of nitrogens with zero attached hydrogens (tertiary/aromatic N) is 4. The highest BCUT2D eigenvalue weighted by Crippen LogP contribution is 2.26. The Morgan fingerprint density at radius 2 is 1.73 bits per heavy atom. The van der Waals surface area contributed by atoms with Crippen LogP contribution in [0.5, 0.6) is 5.75 Å². The molecule has 10 heteroatoms. The molecular formula is C27H29N5O3S2. The predicted octanol–water partition coefficient (Wildman–Crippen LogP) is 5.32. The number of hydrogen-bond donors (Lipinski definition) is 1.